The van der Waals surface area contributed by atoms with E-state index in [1.165, 1.54) is 32.1 Å². The summed E-state index contributed by atoms with van der Waals surface area (Å²) in [6, 6.07) is 2.01. The molecule has 0 atom stereocenters. The number of aryl methyl sites for hydroxylation is 1. The Morgan fingerprint density at radius 3 is 2.78 bits per heavy atom. The highest BCUT2D eigenvalue weighted by Crippen LogP contribution is 2.28. The maximum Gasteiger partial charge on any atom is 0.253 e. The van der Waals surface area contributed by atoms with E-state index in [1.54, 1.807) is 18.4 Å². The molecule has 5 nitrogen and oxygen atoms in total. The smallest absolute Gasteiger partial charge is 0.253 e. The number of nitrogens with zero attached hydrogens (tertiary/aromatic N) is 2. The molecule has 2 aromatic rings. The first-order chi connectivity index (χ1) is 13.1. The van der Waals surface area contributed by atoms with Gasteiger partial charge in [0.2, 0.25) is 0 Å². The Labute approximate surface area is 166 Å². The number of amides is 1. The van der Waals surface area contributed by atoms with Crippen molar-refractivity contribution in [1.82, 2.24) is 14.9 Å². The maximum absolute atomic E-state index is 12.9. The first kappa shape index (κ1) is 20.1. The second-order valence-corrected chi connectivity index (χ2v) is 8.55. The summed E-state index contributed by atoms with van der Waals surface area (Å²) in [6.45, 7) is 6.36. The summed E-state index contributed by atoms with van der Waals surface area (Å²) in [5.74, 6) is 0.671. The van der Waals surface area contributed by atoms with Gasteiger partial charge in [-0.25, -0.2) is 4.98 Å². The van der Waals surface area contributed by atoms with E-state index >= 15 is 0 Å². The molecule has 0 aromatic carbocycles. The fraction of sp³-hybridized carbons (Fsp3) is 0.619. The standard InChI is InChI=1S/C21H31N3O2S/c1-15-18(21(25)22-13-17-8-5-4-6-9-17)12-20(19-14-27-16(2)23-19)24(15)10-7-11-26-3/h12,14,17H,4-11,13H2,1-3H3,(H,22,25). The summed E-state index contributed by atoms with van der Waals surface area (Å²) < 4.78 is 7.42. The fourth-order valence-corrected chi connectivity index (χ4v) is 4.55. The highest BCUT2D eigenvalue weighted by Gasteiger charge is 2.21. The van der Waals surface area contributed by atoms with Gasteiger partial charge in [0.1, 0.15) is 0 Å². The average molecular weight is 390 g/mol. The molecule has 1 N–H and O–H groups in total. The van der Waals surface area contributed by atoms with Gasteiger partial charge in [-0.05, 0) is 45.1 Å². The molecule has 0 radical (unpaired) electrons. The van der Waals surface area contributed by atoms with Crippen LogP contribution in [0.1, 0.15) is 59.6 Å². The summed E-state index contributed by atoms with van der Waals surface area (Å²) in [7, 11) is 1.72. The Bertz CT molecular complexity index is 760. The van der Waals surface area contributed by atoms with Crippen LogP contribution in [0, 0.1) is 19.8 Å². The van der Waals surface area contributed by atoms with Crippen LogP contribution in [-0.4, -0.2) is 35.7 Å². The topological polar surface area (TPSA) is 56.2 Å². The number of rotatable bonds is 8. The van der Waals surface area contributed by atoms with Crippen molar-refractivity contribution in [3.05, 3.63) is 27.7 Å². The third-order valence-corrected chi connectivity index (χ3v) is 6.27. The molecule has 27 heavy (non-hydrogen) atoms. The minimum atomic E-state index is 0.0387. The highest BCUT2D eigenvalue weighted by atomic mass is 32.1. The zero-order valence-electron chi connectivity index (χ0n) is 16.7. The molecule has 0 spiro atoms. The summed E-state index contributed by atoms with van der Waals surface area (Å²) in [4.78, 5) is 17.5. The maximum atomic E-state index is 12.9. The number of hydrogen-bond donors (Lipinski definition) is 1. The zero-order valence-corrected chi connectivity index (χ0v) is 17.5. The lowest BCUT2D eigenvalue weighted by molar-refractivity contribution is 0.0943. The van der Waals surface area contributed by atoms with Crippen molar-refractivity contribution in [2.45, 2.75) is 58.9 Å². The molecule has 1 saturated carbocycles. The zero-order chi connectivity index (χ0) is 19.2. The van der Waals surface area contributed by atoms with Crippen molar-refractivity contribution in [2.24, 2.45) is 5.92 Å². The molecule has 6 heteroatoms. The predicted molar refractivity (Wildman–Crippen MR) is 110 cm³/mol. The van der Waals surface area contributed by atoms with E-state index in [9.17, 15) is 4.79 Å². The Morgan fingerprint density at radius 1 is 1.33 bits per heavy atom. The lowest BCUT2D eigenvalue weighted by atomic mass is 9.89. The van der Waals surface area contributed by atoms with Crippen LogP contribution in [0.25, 0.3) is 11.4 Å². The molecule has 1 fully saturated rings. The number of ether oxygens (including phenoxy) is 1. The Hall–Kier alpha value is -1.66. The average Bonchev–Trinajstić information content (AvgIpc) is 3.25. The lowest BCUT2D eigenvalue weighted by Gasteiger charge is -2.21. The second kappa shape index (κ2) is 9.51. The number of methoxy groups -OCH3 is 1. The molecule has 0 saturated heterocycles. The molecule has 1 aliphatic rings. The van der Waals surface area contributed by atoms with Gasteiger partial charge in [-0.15, -0.1) is 11.3 Å². The third-order valence-electron chi connectivity index (χ3n) is 5.50. The second-order valence-electron chi connectivity index (χ2n) is 7.49. The van der Waals surface area contributed by atoms with Gasteiger partial charge in [0.15, 0.2) is 0 Å². The van der Waals surface area contributed by atoms with Crippen LogP contribution in [0.3, 0.4) is 0 Å². The van der Waals surface area contributed by atoms with Crippen molar-refractivity contribution < 1.29 is 9.53 Å². The van der Waals surface area contributed by atoms with Crippen molar-refractivity contribution >= 4 is 17.2 Å². The number of hydrogen-bond acceptors (Lipinski definition) is 4. The molecule has 148 valence electrons. The van der Waals surface area contributed by atoms with Crippen molar-refractivity contribution in [3.8, 4) is 11.4 Å². The van der Waals surface area contributed by atoms with Gasteiger partial charge < -0.3 is 14.6 Å². The number of carbonyl (C=O) groups is 1. The van der Waals surface area contributed by atoms with E-state index in [0.717, 1.165) is 47.2 Å². The van der Waals surface area contributed by atoms with E-state index in [0.29, 0.717) is 12.5 Å². The van der Waals surface area contributed by atoms with E-state index in [4.69, 9.17) is 4.74 Å². The first-order valence-electron chi connectivity index (χ1n) is 10.00. The van der Waals surface area contributed by atoms with Crippen LogP contribution in [0.15, 0.2) is 11.4 Å². The summed E-state index contributed by atoms with van der Waals surface area (Å²) in [5.41, 5.74) is 3.75. The number of aromatic nitrogens is 2. The number of nitrogens with one attached hydrogen (secondary N) is 1. The van der Waals surface area contributed by atoms with Crippen LogP contribution in [0.4, 0.5) is 0 Å². The molecule has 2 heterocycles. The van der Waals surface area contributed by atoms with Crippen molar-refractivity contribution in [1.29, 1.82) is 0 Å². The van der Waals surface area contributed by atoms with E-state index < -0.39 is 0 Å². The summed E-state index contributed by atoms with van der Waals surface area (Å²) >= 11 is 1.64. The van der Waals surface area contributed by atoms with Gasteiger partial charge in [-0.3, -0.25) is 4.79 Å². The normalized spacial score (nSPS) is 15.2. The quantitative estimate of drug-likeness (QED) is 0.673. The van der Waals surface area contributed by atoms with Crippen LogP contribution in [-0.2, 0) is 11.3 Å². The number of carbonyl (C=O) groups excluding carboxylic acids is 1. The Morgan fingerprint density at radius 2 is 2.11 bits per heavy atom. The monoisotopic (exact) mass is 389 g/mol. The SMILES string of the molecule is COCCCn1c(-c2csc(C)n2)cc(C(=O)NCC2CCCCC2)c1C. The third kappa shape index (κ3) is 4.99. The highest BCUT2D eigenvalue weighted by molar-refractivity contribution is 7.09. The first-order valence-corrected chi connectivity index (χ1v) is 10.9. The van der Waals surface area contributed by atoms with Gasteiger partial charge in [0.25, 0.3) is 5.91 Å². The molecule has 0 unspecified atom stereocenters. The minimum Gasteiger partial charge on any atom is -0.385 e. The van der Waals surface area contributed by atoms with Crippen molar-refractivity contribution in [3.63, 3.8) is 0 Å². The molecule has 0 bridgehead atoms. The van der Waals surface area contributed by atoms with Gasteiger partial charge >= 0.3 is 0 Å². The molecule has 2 aromatic heterocycles. The summed E-state index contributed by atoms with van der Waals surface area (Å²) in [5, 5.41) is 6.29. The largest absolute Gasteiger partial charge is 0.385 e. The van der Waals surface area contributed by atoms with Crippen LogP contribution < -0.4 is 5.32 Å². The van der Waals surface area contributed by atoms with Crippen LogP contribution in [0.5, 0.6) is 0 Å². The summed E-state index contributed by atoms with van der Waals surface area (Å²) in [6.07, 6.45) is 7.31. The Balaban J connectivity index is 1.78. The van der Waals surface area contributed by atoms with Crippen LogP contribution >= 0.6 is 11.3 Å². The molecule has 1 aliphatic carbocycles. The molecular weight excluding hydrogens is 358 g/mol. The molecule has 3 rings (SSSR count). The van der Waals surface area contributed by atoms with Crippen LogP contribution in [0.2, 0.25) is 0 Å². The number of thiazole rings is 1. The van der Waals surface area contributed by atoms with Gasteiger partial charge in [0.05, 0.1) is 22.0 Å². The van der Waals surface area contributed by atoms with Crippen molar-refractivity contribution in [2.75, 3.05) is 20.3 Å². The van der Waals surface area contributed by atoms with E-state index in [2.05, 4.69) is 20.2 Å². The Kier molecular flexibility index (Phi) is 7.07. The molecule has 1 amide bonds. The predicted octanol–water partition coefficient (Wildman–Crippen LogP) is 4.58. The molecule has 0 aliphatic heterocycles. The van der Waals surface area contributed by atoms with E-state index in [1.807, 2.05) is 19.9 Å². The minimum absolute atomic E-state index is 0.0387. The lowest BCUT2D eigenvalue weighted by Crippen LogP contribution is -2.30. The van der Waals surface area contributed by atoms with Gasteiger partial charge in [0, 0.05) is 37.9 Å². The van der Waals surface area contributed by atoms with Gasteiger partial charge in [-0.2, -0.15) is 0 Å². The van der Waals surface area contributed by atoms with Gasteiger partial charge in [-0.1, -0.05) is 19.3 Å². The van der Waals surface area contributed by atoms with E-state index in [-0.39, 0.29) is 5.91 Å². The fourth-order valence-electron chi connectivity index (χ4n) is 3.95. The molecular formula is C21H31N3O2S.